The second kappa shape index (κ2) is 7.16. The second-order valence-corrected chi connectivity index (χ2v) is 4.45. The van der Waals surface area contributed by atoms with Gasteiger partial charge in [-0.1, -0.05) is 17.1 Å². The molecule has 1 amide bonds. The summed E-state index contributed by atoms with van der Waals surface area (Å²) < 4.78 is 6.19. The van der Waals surface area contributed by atoms with E-state index in [4.69, 9.17) is 4.74 Å². The molecule has 0 radical (unpaired) electrons. The summed E-state index contributed by atoms with van der Waals surface area (Å²) >= 11 is 0. The monoisotopic (exact) mass is 305 g/mol. The summed E-state index contributed by atoms with van der Waals surface area (Å²) in [7, 11) is 1.60. The summed E-state index contributed by atoms with van der Waals surface area (Å²) in [6, 6.07) is 7.55. The SMILES string of the molecule is COc1ccc(CCNC(=O)Cn2cnc([N+](=O)[O-])n2)cc1. The van der Waals surface area contributed by atoms with Gasteiger partial charge in [0.2, 0.25) is 12.2 Å². The molecule has 0 saturated carbocycles. The van der Waals surface area contributed by atoms with Gasteiger partial charge in [-0.25, -0.2) is 0 Å². The lowest BCUT2D eigenvalue weighted by Gasteiger charge is -2.05. The van der Waals surface area contributed by atoms with E-state index in [9.17, 15) is 14.9 Å². The van der Waals surface area contributed by atoms with Gasteiger partial charge in [-0.05, 0) is 29.0 Å². The van der Waals surface area contributed by atoms with Gasteiger partial charge < -0.3 is 20.2 Å². The summed E-state index contributed by atoms with van der Waals surface area (Å²) in [6.45, 7) is 0.353. The number of benzene rings is 1. The molecule has 0 fully saturated rings. The summed E-state index contributed by atoms with van der Waals surface area (Å²) in [5, 5.41) is 16.7. The number of methoxy groups -OCH3 is 1. The Labute approximate surface area is 126 Å². The van der Waals surface area contributed by atoms with E-state index in [2.05, 4.69) is 15.4 Å². The quantitative estimate of drug-likeness (QED) is 0.590. The zero-order valence-electron chi connectivity index (χ0n) is 11.9. The molecular formula is C13H15N5O4. The van der Waals surface area contributed by atoms with E-state index >= 15 is 0 Å². The summed E-state index contributed by atoms with van der Waals surface area (Å²) in [5.41, 5.74) is 1.07. The lowest BCUT2D eigenvalue weighted by Crippen LogP contribution is -2.29. The third-order valence-electron chi connectivity index (χ3n) is 2.89. The minimum absolute atomic E-state index is 0.108. The van der Waals surface area contributed by atoms with Gasteiger partial charge in [0.25, 0.3) is 0 Å². The van der Waals surface area contributed by atoms with Crippen molar-refractivity contribution in [3.63, 3.8) is 0 Å². The number of carbonyl (C=O) groups excluding carboxylic acids is 1. The van der Waals surface area contributed by atoms with Gasteiger partial charge in [0.15, 0.2) is 0 Å². The summed E-state index contributed by atoms with van der Waals surface area (Å²) in [4.78, 5) is 24.9. The number of hydrogen-bond acceptors (Lipinski definition) is 6. The number of carbonyl (C=O) groups is 1. The number of nitrogens with zero attached hydrogens (tertiary/aromatic N) is 4. The number of amides is 1. The van der Waals surface area contributed by atoms with E-state index in [0.29, 0.717) is 13.0 Å². The molecule has 0 aliphatic heterocycles. The highest BCUT2D eigenvalue weighted by atomic mass is 16.6. The number of hydrogen-bond donors (Lipinski definition) is 1. The zero-order valence-corrected chi connectivity index (χ0v) is 11.9. The normalized spacial score (nSPS) is 10.2. The van der Waals surface area contributed by atoms with Gasteiger partial charge >= 0.3 is 5.95 Å². The van der Waals surface area contributed by atoms with Crippen LogP contribution >= 0.6 is 0 Å². The summed E-state index contributed by atoms with van der Waals surface area (Å²) in [6.07, 6.45) is 1.83. The minimum atomic E-state index is -0.710. The predicted octanol–water partition coefficient (Wildman–Crippen LogP) is 0.554. The molecule has 22 heavy (non-hydrogen) atoms. The fourth-order valence-corrected chi connectivity index (χ4v) is 1.79. The maximum absolute atomic E-state index is 11.7. The third kappa shape index (κ3) is 4.27. The number of nitro groups is 1. The Hall–Kier alpha value is -2.97. The van der Waals surface area contributed by atoms with Crippen molar-refractivity contribution in [1.82, 2.24) is 20.1 Å². The van der Waals surface area contributed by atoms with E-state index in [1.54, 1.807) is 7.11 Å². The van der Waals surface area contributed by atoms with Crippen molar-refractivity contribution >= 4 is 11.9 Å². The topological polar surface area (TPSA) is 112 Å². The van der Waals surface area contributed by atoms with Gasteiger partial charge in [0, 0.05) is 11.6 Å². The predicted molar refractivity (Wildman–Crippen MR) is 76.4 cm³/mol. The van der Waals surface area contributed by atoms with Crippen LogP contribution in [0.3, 0.4) is 0 Å². The molecule has 2 rings (SSSR count). The van der Waals surface area contributed by atoms with Crippen LogP contribution in [0.1, 0.15) is 5.56 Å². The molecule has 0 spiro atoms. The minimum Gasteiger partial charge on any atom is -0.497 e. The highest BCUT2D eigenvalue weighted by Crippen LogP contribution is 2.11. The third-order valence-corrected chi connectivity index (χ3v) is 2.89. The second-order valence-electron chi connectivity index (χ2n) is 4.45. The number of ether oxygens (including phenoxy) is 1. The van der Waals surface area contributed by atoms with Crippen LogP contribution in [0.15, 0.2) is 30.6 Å². The van der Waals surface area contributed by atoms with E-state index in [-0.39, 0.29) is 12.5 Å². The van der Waals surface area contributed by atoms with Crippen molar-refractivity contribution in [2.75, 3.05) is 13.7 Å². The molecule has 9 heteroatoms. The Morgan fingerprint density at radius 2 is 2.14 bits per heavy atom. The van der Waals surface area contributed by atoms with Crippen molar-refractivity contribution in [2.45, 2.75) is 13.0 Å². The number of rotatable bonds is 7. The zero-order chi connectivity index (χ0) is 15.9. The molecule has 9 nitrogen and oxygen atoms in total. The average Bonchev–Trinajstić information content (AvgIpc) is 2.96. The van der Waals surface area contributed by atoms with E-state index in [0.717, 1.165) is 22.3 Å². The van der Waals surface area contributed by atoms with Crippen molar-refractivity contribution in [3.05, 3.63) is 46.3 Å². The molecule has 116 valence electrons. The van der Waals surface area contributed by atoms with Crippen LogP contribution in [0.25, 0.3) is 0 Å². The fraction of sp³-hybridized carbons (Fsp3) is 0.308. The van der Waals surface area contributed by atoms with E-state index < -0.39 is 10.9 Å². The summed E-state index contributed by atoms with van der Waals surface area (Å²) in [5.74, 6) is -0.0279. The van der Waals surface area contributed by atoms with Crippen LogP contribution in [0, 0.1) is 10.1 Å². The molecular weight excluding hydrogens is 290 g/mol. The van der Waals surface area contributed by atoms with E-state index in [1.807, 2.05) is 24.3 Å². The van der Waals surface area contributed by atoms with Crippen LogP contribution in [0.2, 0.25) is 0 Å². The number of nitrogens with one attached hydrogen (secondary N) is 1. The number of aromatic nitrogens is 3. The molecule has 0 bridgehead atoms. The molecule has 0 aliphatic carbocycles. The Morgan fingerprint density at radius 1 is 1.41 bits per heavy atom. The van der Waals surface area contributed by atoms with E-state index in [1.165, 1.54) is 0 Å². The molecule has 2 aromatic rings. The van der Waals surface area contributed by atoms with Gasteiger partial charge in [-0.15, -0.1) is 0 Å². The van der Waals surface area contributed by atoms with Gasteiger partial charge in [-0.3, -0.25) is 4.79 Å². The Morgan fingerprint density at radius 3 is 2.73 bits per heavy atom. The Bertz CT molecular complexity index is 653. The highest BCUT2D eigenvalue weighted by Gasteiger charge is 2.14. The first-order valence-corrected chi connectivity index (χ1v) is 6.52. The van der Waals surface area contributed by atoms with Crippen LogP contribution < -0.4 is 10.1 Å². The van der Waals surface area contributed by atoms with Gasteiger partial charge in [-0.2, -0.15) is 4.68 Å². The maximum atomic E-state index is 11.7. The van der Waals surface area contributed by atoms with Gasteiger partial charge in [0.05, 0.1) is 7.11 Å². The van der Waals surface area contributed by atoms with Crippen molar-refractivity contribution in [3.8, 4) is 5.75 Å². The molecule has 1 heterocycles. The highest BCUT2D eigenvalue weighted by molar-refractivity contribution is 5.75. The smallest absolute Gasteiger partial charge is 0.490 e. The molecule has 0 aliphatic rings. The van der Waals surface area contributed by atoms with Crippen LogP contribution in [0.4, 0.5) is 5.95 Å². The van der Waals surface area contributed by atoms with Gasteiger partial charge in [0.1, 0.15) is 12.3 Å². The van der Waals surface area contributed by atoms with Crippen molar-refractivity contribution in [2.24, 2.45) is 0 Å². The van der Waals surface area contributed by atoms with Crippen LogP contribution in [-0.4, -0.2) is 39.2 Å². The lowest BCUT2D eigenvalue weighted by molar-refractivity contribution is -0.394. The fourth-order valence-electron chi connectivity index (χ4n) is 1.79. The van der Waals surface area contributed by atoms with Crippen LogP contribution in [-0.2, 0) is 17.8 Å². The molecule has 0 atom stereocenters. The largest absolute Gasteiger partial charge is 0.497 e. The molecule has 0 unspecified atom stereocenters. The van der Waals surface area contributed by atoms with Crippen molar-refractivity contribution in [1.29, 1.82) is 0 Å². The molecule has 0 saturated heterocycles. The van der Waals surface area contributed by atoms with Crippen LogP contribution in [0.5, 0.6) is 5.75 Å². The first kappa shape index (κ1) is 15.4. The van der Waals surface area contributed by atoms with Crippen molar-refractivity contribution < 1.29 is 14.5 Å². The molecule has 1 N–H and O–H groups in total. The molecule has 1 aromatic carbocycles. The first-order valence-electron chi connectivity index (χ1n) is 6.52. The average molecular weight is 305 g/mol. The lowest BCUT2D eigenvalue weighted by atomic mass is 10.1. The standard InChI is InChI=1S/C13H15N5O4/c1-22-11-4-2-10(3-5-11)6-7-14-12(19)8-17-9-15-13(16-17)18(20)21/h2-5,9H,6-8H2,1H3,(H,14,19). The Kier molecular flexibility index (Phi) is 5.02. The first-order chi connectivity index (χ1) is 10.6. The Balaban J connectivity index is 1.76. The maximum Gasteiger partial charge on any atom is 0.490 e. The molecule has 1 aromatic heterocycles.